The van der Waals surface area contributed by atoms with Gasteiger partial charge in [0.15, 0.2) is 0 Å². The highest BCUT2D eigenvalue weighted by Crippen LogP contribution is 2.12. The van der Waals surface area contributed by atoms with Crippen LogP contribution >= 0.6 is 0 Å². The van der Waals surface area contributed by atoms with Crippen LogP contribution in [0.2, 0.25) is 0 Å². The Morgan fingerprint density at radius 2 is 1.88 bits per heavy atom. The van der Waals surface area contributed by atoms with Crippen LogP contribution in [-0.4, -0.2) is 4.98 Å². The van der Waals surface area contributed by atoms with Crippen LogP contribution in [0, 0.1) is 6.92 Å². The number of hydrogen-bond donors (Lipinski definition) is 1. The van der Waals surface area contributed by atoms with Crippen molar-refractivity contribution in [2.24, 2.45) is 0 Å². The summed E-state index contributed by atoms with van der Waals surface area (Å²) in [5, 5.41) is 0. The standard InChI is InChI=1S/C15H17NO/c1-3-14-13(9-11(2)16-15(14)17)10-12-7-5-4-6-8-12/h4-9H,3,10H2,1-2H3,(H,16,17). The van der Waals surface area contributed by atoms with Crippen LogP contribution < -0.4 is 5.56 Å². The van der Waals surface area contributed by atoms with E-state index in [2.05, 4.69) is 23.2 Å². The molecule has 0 spiro atoms. The third-order valence-corrected chi connectivity index (χ3v) is 2.95. The van der Waals surface area contributed by atoms with Gasteiger partial charge in [0.1, 0.15) is 0 Å². The third kappa shape index (κ3) is 2.64. The minimum absolute atomic E-state index is 0.0541. The van der Waals surface area contributed by atoms with Gasteiger partial charge in [0.05, 0.1) is 0 Å². The summed E-state index contributed by atoms with van der Waals surface area (Å²) in [5.41, 5.74) is 4.27. The smallest absolute Gasteiger partial charge is 0.251 e. The normalized spacial score (nSPS) is 10.5. The number of aryl methyl sites for hydroxylation is 1. The lowest BCUT2D eigenvalue weighted by molar-refractivity contribution is 0.978. The Labute approximate surface area is 101 Å². The monoisotopic (exact) mass is 227 g/mol. The van der Waals surface area contributed by atoms with Crippen molar-refractivity contribution >= 4 is 0 Å². The van der Waals surface area contributed by atoms with Crippen LogP contribution in [0.5, 0.6) is 0 Å². The maximum Gasteiger partial charge on any atom is 0.251 e. The zero-order valence-corrected chi connectivity index (χ0v) is 10.3. The van der Waals surface area contributed by atoms with Crippen LogP contribution in [-0.2, 0) is 12.8 Å². The summed E-state index contributed by atoms with van der Waals surface area (Å²) in [6.07, 6.45) is 1.60. The molecule has 0 amide bonds. The van der Waals surface area contributed by atoms with Crippen LogP contribution in [0.1, 0.15) is 29.3 Å². The van der Waals surface area contributed by atoms with Gasteiger partial charge in [-0.05, 0) is 37.0 Å². The maximum absolute atomic E-state index is 11.8. The molecule has 0 aliphatic heterocycles. The fourth-order valence-corrected chi connectivity index (χ4v) is 2.15. The summed E-state index contributed by atoms with van der Waals surface area (Å²) < 4.78 is 0. The number of benzene rings is 1. The first-order valence-corrected chi connectivity index (χ1v) is 5.96. The van der Waals surface area contributed by atoms with E-state index < -0.39 is 0 Å². The van der Waals surface area contributed by atoms with Crippen LogP contribution in [0.4, 0.5) is 0 Å². The molecule has 0 atom stereocenters. The van der Waals surface area contributed by atoms with E-state index in [1.807, 2.05) is 32.0 Å². The molecule has 1 N–H and O–H groups in total. The van der Waals surface area contributed by atoms with Crippen molar-refractivity contribution in [3.8, 4) is 0 Å². The molecule has 17 heavy (non-hydrogen) atoms. The van der Waals surface area contributed by atoms with Crippen molar-refractivity contribution in [3.63, 3.8) is 0 Å². The fraction of sp³-hybridized carbons (Fsp3) is 0.267. The van der Waals surface area contributed by atoms with Gasteiger partial charge in [-0.2, -0.15) is 0 Å². The molecular weight excluding hydrogens is 210 g/mol. The molecule has 1 aromatic carbocycles. The molecule has 88 valence electrons. The Morgan fingerprint density at radius 3 is 2.53 bits per heavy atom. The van der Waals surface area contributed by atoms with Crippen LogP contribution in [0.25, 0.3) is 0 Å². The van der Waals surface area contributed by atoms with E-state index in [1.165, 1.54) is 5.56 Å². The molecule has 0 bridgehead atoms. The van der Waals surface area contributed by atoms with E-state index in [-0.39, 0.29) is 5.56 Å². The molecule has 2 rings (SSSR count). The van der Waals surface area contributed by atoms with Gasteiger partial charge in [-0.25, -0.2) is 0 Å². The second-order valence-electron chi connectivity index (χ2n) is 4.30. The quantitative estimate of drug-likeness (QED) is 0.859. The summed E-state index contributed by atoms with van der Waals surface area (Å²) in [5.74, 6) is 0. The first kappa shape index (κ1) is 11.6. The SMILES string of the molecule is CCc1c(Cc2ccccc2)cc(C)[nH]c1=O. The average molecular weight is 227 g/mol. The highest BCUT2D eigenvalue weighted by Gasteiger charge is 2.07. The Kier molecular flexibility index (Phi) is 3.43. The lowest BCUT2D eigenvalue weighted by Crippen LogP contribution is -2.16. The molecule has 1 aromatic heterocycles. The Balaban J connectivity index is 2.42. The number of aromatic amines is 1. The maximum atomic E-state index is 11.8. The molecule has 0 saturated carbocycles. The van der Waals surface area contributed by atoms with E-state index >= 15 is 0 Å². The number of rotatable bonds is 3. The lowest BCUT2D eigenvalue weighted by Gasteiger charge is -2.08. The summed E-state index contributed by atoms with van der Waals surface area (Å²) in [7, 11) is 0. The Morgan fingerprint density at radius 1 is 1.18 bits per heavy atom. The van der Waals surface area contributed by atoms with Crippen molar-refractivity contribution in [2.45, 2.75) is 26.7 Å². The highest BCUT2D eigenvalue weighted by molar-refractivity contribution is 5.32. The van der Waals surface area contributed by atoms with Gasteiger partial charge in [-0.3, -0.25) is 4.79 Å². The predicted molar refractivity (Wildman–Crippen MR) is 70.4 cm³/mol. The fourth-order valence-electron chi connectivity index (χ4n) is 2.15. The van der Waals surface area contributed by atoms with Gasteiger partial charge in [-0.1, -0.05) is 37.3 Å². The van der Waals surface area contributed by atoms with Gasteiger partial charge in [0.2, 0.25) is 0 Å². The summed E-state index contributed by atoms with van der Waals surface area (Å²) in [6.45, 7) is 3.95. The van der Waals surface area contributed by atoms with Crippen LogP contribution in [0.15, 0.2) is 41.2 Å². The second kappa shape index (κ2) is 5.00. The summed E-state index contributed by atoms with van der Waals surface area (Å²) in [6, 6.07) is 12.3. The molecule has 0 aliphatic carbocycles. The van der Waals surface area contributed by atoms with Crippen LogP contribution in [0.3, 0.4) is 0 Å². The second-order valence-corrected chi connectivity index (χ2v) is 4.30. The van der Waals surface area contributed by atoms with Crippen molar-refractivity contribution in [2.75, 3.05) is 0 Å². The minimum atomic E-state index is 0.0541. The van der Waals surface area contributed by atoms with Crippen molar-refractivity contribution in [1.82, 2.24) is 4.98 Å². The molecule has 0 fully saturated rings. The molecule has 2 nitrogen and oxygen atoms in total. The Bertz CT molecular complexity index is 555. The minimum Gasteiger partial charge on any atom is -0.326 e. The van der Waals surface area contributed by atoms with Crippen molar-refractivity contribution in [1.29, 1.82) is 0 Å². The number of pyridine rings is 1. The Hall–Kier alpha value is -1.83. The highest BCUT2D eigenvalue weighted by atomic mass is 16.1. The molecular formula is C15H17NO. The zero-order valence-electron chi connectivity index (χ0n) is 10.3. The van der Waals surface area contributed by atoms with Gasteiger partial charge in [0.25, 0.3) is 5.56 Å². The van der Waals surface area contributed by atoms with Crippen molar-refractivity contribution < 1.29 is 0 Å². The third-order valence-electron chi connectivity index (χ3n) is 2.95. The summed E-state index contributed by atoms with van der Waals surface area (Å²) in [4.78, 5) is 14.7. The number of hydrogen-bond acceptors (Lipinski definition) is 1. The lowest BCUT2D eigenvalue weighted by atomic mass is 9.99. The van der Waals surface area contributed by atoms with Gasteiger partial charge in [0, 0.05) is 11.3 Å². The largest absolute Gasteiger partial charge is 0.326 e. The van der Waals surface area contributed by atoms with Gasteiger partial charge < -0.3 is 4.98 Å². The molecule has 0 unspecified atom stereocenters. The van der Waals surface area contributed by atoms with Crippen molar-refractivity contribution in [3.05, 3.63) is 69.1 Å². The number of H-pyrrole nitrogens is 1. The van der Waals surface area contributed by atoms with E-state index in [9.17, 15) is 4.79 Å². The molecule has 0 aliphatic rings. The predicted octanol–water partition coefficient (Wildman–Crippen LogP) is 2.84. The average Bonchev–Trinajstić information content (AvgIpc) is 2.30. The number of aromatic nitrogens is 1. The first-order valence-electron chi connectivity index (χ1n) is 5.96. The molecule has 2 heteroatoms. The topological polar surface area (TPSA) is 32.9 Å². The molecule has 0 saturated heterocycles. The van der Waals surface area contributed by atoms with E-state index in [1.54, 1.807) is 0 Å². The zero-order chi connectivity index (χ0) is 12.3. The first-order chi connectivity index (χ1) is 8.20. The number of nitrogens with one attached hydrogen (secondary N) is 1. The van der Waals surface area contributed by atoms with E-state index in [0.717, 1.165) is 29.7 Å². The van der Waals surface area contributed by atoms with E-state index in [0.29, 0.717) is 0 Å². The molecule has 0 radical (unpaired) electrons. The van der Waals surface area contributed by atoms with E-state index in [4.69, 9.17) is 0 Å². The molecule has 1 heterocycles. The molecule has 2 aromatic rings. The summed E-state index contributed by atoms with van der Waals surface area (Å²) >= 11 is 0. The van der Waals surface area contributed by atoms with Gasteiger partial charge in [-0.15, -0.1) is 0 Å². The van der Waals surface area contributed by atoms with Gasteiger partial charge >= 0.3 is 0 Å².